The van der Waals surface area contributed by atoms with Crippen LogP contribution in [0.3, 0.4) is 0 Å². The summed E-state index contributed by atoms with van der Waals surface area (Å²) in [5, 5.41) is 14.6. The molecule has 0 N–H and O–H groups in total. The molecule has 6 aromatic heterocycles. The number of hydrogen-bond donors (Lipinski definition) is 0. The average Bonchev–Trinajstić information content (AvgIpc) is 1.58. The van der Waals surface area contributed by atoms with E-state index in [0.29, 0.717) is 0 Å². The molecule has 0 saturated heterocycles. The lowest BCUT2D eigenvalue weighted by molar-refractivity contribution is 1.18. The number of hydrogen-bond acceptors (Lipinski definition) is 0. The summed E-state index contributed by atoms with van der Waals surface area (Å²) < 4.78 is 14.5. The fraction of sp³-hybridized carbons (Fsp3) is 0. The predicted molar refractivity (Wildman–Crippen MR) is 632 cm³/mol. The molecule has 0 atom stereocenters. The van der Waals surface area contributed by atoms with Crippen molar-refractivity contribution in [1.82, 2.24) is 27.4 Å². The lowest BCUT2D eigenvalue weighted by atomic mass is 9.95. The average molecular weight is 1910 g/mol. The van der Waals surface area contributed by atoms with Gasteiger partial charge in [-0.3, -0.25) is 0 Å². The summed E-state index contributed by atoms with van der Waals surface area (Å²) in [5.74, 6) is 0. The van der Waals surface area contributed by atoms with Crippen LogP contribution in [0.1, 0.15) is 0 Å². The molecule has 0 aliphatic heterocycles. The normalized spacial score (nSPS) is 11.9. The number of aromatic nitrogens is 6. The second kappa shape index (κ2) is 35.0. The molecule has 0 saturated carbocycles. The van der Waals surface area contributed by atoms with Gasteiger partial charge in [-0.15, -0.1) is 0 Å². The molecule has 6 heterocycles. The molecule has 30 rings (SSSR count). The molecule has 6 heteroatoms. The maximum atomic E-state index is 2.44. The van der Waals surface area contributed by atoms with Gasteiger partial charge in [-0.1, -0.05) is 352 Å². The zero-order valence-electron chi connectivity index (χ0n) is 81.8. The summed E-state index contributed by atoms with van der Waals surface area (Å²) in [6, 6.07) is 207. The van der Waals surface area contributed by atoms with Gasteiger partial charge in [0.15, 0.2) is 0 Å². The van der Waals surface area contributed by atoms with Crippen molar-refractivity contribution in [3.8, 4) is 157 Å². The molecular formula is C144H92N6. The van der Waals surface area contributed by atoms with E-state index in [-0.39, 0.29) is 0 Å². The number of nitrogens with zero attached hydrogens (tertiary/aromatic N) is 6. The number of benzene rings is 24. The second-order valence-corrected chi connectivity index (χ2v) is 39.9. The Balaban J connectivity index is 0.421. The van der Waals surface area contributed by atoms with Crippen molar-refractivity contribution in [2.45, 2.75) is 0 Å². The van der Waals surface area contributed by atoms with Crippen molar-refractivity contribution >= 4 is 131 Å². The minimum Gasteiger partial charge on any atom is -0.309 e. The Hall–Kier alpha value is -19.9. The summed E-state index contributed by atoms with van der Waals surface area (Å²) in [4.78, 5) is 0. The largest absolute Gasteiger partial charge is 0.309 e. The Bertz CT molecular complexity index is 10700. The van der Waals surface area contributed by atoms with Crippen LogP contribution in [0.5, 0.6) is 0 Å². The Kier molecular flexibility index (Phi) is 20.0. The summed E-state index contributed by atoms with van der Waals surface area (Å²) in [6.45, 7) is 0. The molecule has 150 heavy (non-hydrogen) atoms. The third-order valence-electron chi connectivity index (χ3n) is 31.4. The lowest BCUT2D eigenvalue weighted by Gasteiger charge is -2.12. The standard InChI is InChI=1S/C144H92N6/c1-6-25-93(26-7-1)97-55-68-118(69-56-97)147-133-44-19-16-41-121(133)125-85-108(62-74-136(125)147)111-64-76-138-128(88-111)124-72-59-114(92-144(124)149(138)117-38-14-5-15-39-117)99-53-49-96(50-54-99)95-47-51-98(52-48-95)105-33-24-40-120(83-105)150-135-46-21-18-43-123(135)127-87-110(65-77-139(127)150)113-67-80-143-132(91-113)130-89-107(61-78-141(130)146(143)116-36-12-4-13-37-116)104-32-23-31-103(82-104)102-30-22-29-101(81-102)100-57-70-119(71-58-100)148-134-45-20-17-42-122(134)126-86-109(63-75-137(126)148)112-66-79-142-131(90-112)129-84-106(94-27-8-2-9-28-94)60-73-140(129)145(142)115-34-10-3-11-35-115/h1-92H. The SMILES string of the molecule is c1ccc(-c2ccc(-n3c4ccccc4c4cc(-c5ccc6c(c5)c5ccc(-c7ccc(-c8ccc(-c9cccc(-n%10c%11ccccc%11c%11cc(-c%12ccc%13c(c%12)c%12cc(-c%14cccc(-c%15cccc(-c%16ccc(-n%17c%18ccccc%18c%18cc(-c%19ccc%20c(c%19)c%19cc(-c%21ccccc%21)ccc%19n%20-c%19ccccc%19)ccc%18%17)cc%16)c%15)c%14)ccc%12n%13-c%12ccccc%12)ccc%11%10)c9)cc8)cc7)cc5n6-c5ccccc5)ccc43)cc2)cc1. The third-order valence-corrected chi connectivity index (χ3v) is 31.4. The highest BCUT2D eigenvalue weighted by Crippen LogP contribution is 2.48. The van der Waals surface area contributed by atoms with Crippen molar-refractivity contribution < 1.29 is 0 Å². The zero-order valence-corrected chi connectivity index (χ0v) is 81.8. The Morgan fingerprint density at radius 3 is 0.547 bits per heavy atom. The smallest absolute Gasteiger partial charge is 0.0547 e. The quantitative estimate of drug-likeness (QED) is 0.0870. The Morgan fingerprint density at radius 2 is 0.233 bits per heavy atom. The molecule has 0 spiro atoms. The van der Waals surface area contributed by atoms with E-state index in [4.69, 9.17) is 0 Å². The van der Waals surface area contributed by atoms with E-state index in [1.165, 1.54) is 187 Å². The minimum atomic E-state index is 1.11. The molecule has 0 bridgehead atoms. The highest BCUT2D eigenvalue weighted by Gasteiger charge is 2.25. The van der Waals surface area contributed by atoms with Gasteiger partial charge in [0, 0.05) is 98.8 Å². The van der Waals surface area contributed by atoms with Gasteiger partial charge in [0.2, 0.25) is 0 Å². The van der Waals surface area contributed by atoms with E-state index in [1.54, 1.807) is 0 Å². The van der Waals surface area contributed by atoms with Crippen molar-refractivity contribution in [3.63, 3.8) is 0 Å². The van der Waals surface area contributed by atoms with Crippen LogP contribution in [0.15, 0.2) is 558 Å². The van der Waals surface area contributed by atoms with Crippen LogP contribution in [0.25, 0.3) is 287 Å². The number of rotatable bonds is 17. The number of fused-ring (bicyclic) bond motifs is 18. The fourth-order valence-electron chi connectivity index (χ4n) is 24.2. The monoisotopic (exact) mass is 1900 g/mol. The van der Waals surface area contributed by atoms with Gasteiger partial charge in [0.25, 0.3) is 0 Å². The molecule has 0 amide bonds. The second-order valence-electron chi connectivity index (χ2n) is 39.9. The first-order valence-electron chi connectivity index (χ1n) is 51.7. The van der Waals surface area contributed by atoms with Crippen LogP contribution in [-0.4, -0.2) is 27.4 Å². The highest BCUT2D eigenvalue weighted by molar-refractivity contribution is 6.18. The summed E-state index contributed by atoms with van der Waals surface area (Å²) in [5.41, 5.74) is 46.7. The van der Waals surface area contributed by atoms with Gasteiger partial charge in [-0.05, 0) is 329 Å². The first-order valence-corrected chi connectivity index (χ1v) is 51.7. The number of para-hydroxylation sites is 6. The van der Waals surface area contributed by atoms with Crippen molar-refractivity contribution in [2.24, 2.45) is 0 Å². The molecule has 30 aromatic rings. The molecule has 698 valence electrons. The Labute approximate surface area is 866 Å². The molecule has 6 nitrogen and oxygen atoms in total. The van der Waals surface area contributed by atoms with Gasteiger partial charge in [0.05, 0.1) is 66.2 Å². The fourth-order valence-corrected chi connectivity index (χ4v) is 24.2. The topological polar surface area (TPSA) is 29.6 Å². The van der Waals surface area contributed by atoms with Gasteiger partial charge in [0.1, 0.15) is 0 Å². The zero-order chi connectivity index (χ0) is 98.5. The lowest BCUT2D eigenvalue weighted by Crippen LogP contribution is -1.94. The Morgan fingerprint density at radius 1 is 0.0733 bits per heavy atom. The molecule has 24 aromatic carbocycles. The first-order chi connectivity index (χ1) is 74.3. The molecule has 0 fully saturated rings. The van der Waals surface area contributed by atoms with E-state index in [9.17, 15) is 0 Å². The molecule has 0 aliphatic carbocycles. The van der Waals surface area contributed by atoms with Gasteiger partial charge >= 0.3 is 0 Å². The van der Waals surface area contributed by atoms with E-state index in [2.05, 4.69) is 586 Å². The van der Waals surface area contributed by atoms with Crippen molar-refractivity contribution in [2.75, 3.05) is 0 Å². The maximum Gasteiger partial charge on any atom is 0.0547 e. The van der Waals surface area contributed by atoms with Gasteiger partial charge in [-0.2, -0.15) is 0 Å². The van der Waals surface area contributed by atoms with Gasteiger partial charge in [-0.25, -0.2) is 0 Å². The first kappa shape index (κ1) is 85.6. The minimum absolute atomic E-state index is 1.11. The molecule has 0 unspecified atom stereocenters. The molecule has 0 radical (unpaired) electrons. The summed E-state index contributed by atoms with van der Waals surface area (Å²) in [6.07, 6.45) is 0. The van der Waals surface area contributed by atoms with Crippen LogP contribution < -0.4 is 0 Å². The van der Waals surface area contributed by atoms with E-state index >= 15 is 0 Å². The summed E-state index contributed by atoms with van der Waals surface area (Å²) in [7, 11) is 0. The third kappa shape index (κ3) is 14.3. The van der Waals surface area contributed by atoms with E-state index in [0.717, 1.165) is 101 Å². The van der Waals surface area contributed by atoms with Crippen LogP contribution in [0.4, 0.5) is 0 Å². The molecular weight excluding hydrogens is 1810 g/mol. The van der Waals surface area contributed by atoms with E-state index < -0.39 is 0 Å². The maximum absolute atomic E-state index is 2.44. The van der Waals surface area contributed by atoms with E-state index in [1.807, 2.05) is 0 Å². The summed E-state index contributed by atoms with van der Waals surface area (Å²) >= 11 is 0. The predicted octanol–water partition coefficient (Wildman–Crippen LogP) is 38.6. The van der Waals surface area contributed by atoms with Crippen LogP contribution in [-0.2, 0) is 0 Å². The van der Waals surface area contributed by atoms with Crippen LogP contribution in [0, 0.1) is 0 Å². The van der Waals surface area contributed by atoms with Crippen molar-refractivity contribution in [3.05, 3.63) is 558 Å². The van der Waals surface area contributed by atoms with Gasteiger partial charge < -0.3 is 27.4 Å². The highest BCUT2D eigenvalue weighted by atomic mass is 15.0. The van der Waals surface area contributed by atoms with Crippen LogP contribution in [0.2, 0.25) is 0 Å². The van der Waals surface area contributed by atoms with Crippen molar-refractivity contribution in [1.29, 1.82) is 0 Å². The molecule has 0 aliphatic rings. The van der Waals surface area contributed by atoms with Crippen LogP contribution >= 0.6 is 0 Å².